The first-order chi connectivity index (χ1) is 16.1. The van der Waals surface area contributed by atoms with Crippen LogP contribution in [0.15, 0.2) is 36.7 Å². The molecule has 4 heterocycles. The van der Waals surface area contributed by atoms with Crippen molar-refractivity contribution < 1.29 is 9.18 Å². The first kappa shape index (κ1) is 22.0. The molecule has 0 bridgehead atoms. The highest BCUT2D eigenvalue weighted by Gasteiger charge is 2.26. The quantitative estimate of drug-likeness (QED) is 0.602. The molecule has 1 aromatic carbocycles. The molecule has 1 fully saturated rings. The van der Waals surface area contributed by atoms with Gasteiger partial charge in [-0.2, -0.15) is 0 Å². The van der Waals surface area contributed by atoms with Crippen LogP contribution in [-0.2, 0) is 17.9 Å². The van der Waals surface area contributed by atoms with E-state index in [9.17, 15) is 9.18 Å². The Balaban J connectivity index is 1.27. The summed E-state index contributed by atoms with van der Waals surface area (Å²) in [4.78, 5) is 24.1. The maximum Gasteiger partial charge on any atom is 0.228 e. The number of alkyl halides is 1. The van der Waals surface area contributed by atoms with Crippen molar-refractivity contribution in [3.05, 3.63) is 42.5 Å². The summed E-state index contributed by atoms with van der Waals surface area (Å²) in [5.41, 5.74) is 2.23. The van der Waals surface area contributed by atoms with Gasteiger partial charge in [0.05, 0.1) is 25.1 Å². The van der Waals surface area contributed by atoms with E-state index in [0.29, 0.717) is 5.82 Å². The van der Waals surface area contributed by atoms with Crippen LogP contribution in [0, 0.1) is 11.8 Å². The van der Waals surface area contributed by atoms with Crippen LogP contribution in [0.3, 0.4) is 0 Å². The van der Waals surface area contributed by atoms with Crippen molar-refractivity contribution >= 4 is 22.5 Å². The lowest BCUT2D eigenvalue weighted by molar-refractivity contribution is -0.121. The highest BCUT2D eigenvalue weighted by molar-refractivity contribution is 5.95. The number of carbonyl (C=O) groups is 1. The molecule has 8 heteroatoms. The number of hydrogen-bond donors (Lipinski definition) is 2. The maximum absolute atomic E-state index is 12.9. The van der Waals surface area contributed by atoms with Gasteiger partial charge in [0.2, 0.25) is 5.91 Å². The number of amides is 1. The predicted octanol–water partition coefficient (Wildman–Crippen LogP) is 3.46. The van der Waals surface area contributed by atoms with Crippen molar-refractivity contribution in [1.82, 2.24) is 24.8 Å². The molecule has 0 spiro atoms. The molecule has 0 saturated carbocycles. The smallest absolute Gasteiger partial charge is 0.228 e. The van der Waals surface area contributed by atoms with E-state index in [4.69, 9.17) is 0 Å². The van der Waals surface area contributed by atoms with Crippen LogP contribution >= 0.6 is 0 Å². The average molecular weight is 451 g/mol. The lowest BCUT2D eigenvalue weighted by Gasteiger charge is -2.32. The third kappa shape index (κ3) is 4.77. The van der Waals surface area contributed by atoms with Crippen LogP contribution < -0.4 is 10.6 Å². The summed E-state index contributed by atoms with van der Waals surface area (Å²) in [6.07, 6.45) is 5.34. The SMILES string of the molecule is C[C@@H](CF)CN1CCC(C(=O)Nc2cc3cc(-c4cnc5n4CCNC5)ccc3cn2)CC1. The Labute approximate surface area is 193 Å². The van der Waals surface area contributed by atoms with Gasteiger partial charge in [0, 0.05) is 42.7 Å². The van der Waals surface area contributed by atoms with Crippen LogP contribution in [0.1, 0.15) is 25.6 Å². The number of imidazole rings is 1. The molecule has 174 valence electrons. The molecule has 1 saturated heterocycles. The lowest BCUT2D eigenvalue weighted by Crippen LogP contribution is -2.40. The number of piperidine rings is 1. The molecule has 2 aromatic heterocycles. The van der Waals surface area contributed by atoms with E-state index < -0.39 is 0 Å². The molecular weight excluding hydrogens is 419 g/mol. The number of likely N-dealkylation sites (tertiary alicyclic amines) is 1. The summed E-state index contributed by atoms with van der Waals surface area (Å²) >= 11 is 0. The van der Waals surface area contributed by atoms with Crippen molar-refractivity contribution in [3.63, 3.8) is 0 Å². The Morgan fingerprint density at radius 3 is 2.85 bits per heavy atom. The Morgan fingerprint density at radius 1 is 1.18 bits per heavy atom. The number of hydrogen-bond acceptors (Lipinski definition) is 5. The van der Waals surface area contributed by atoms with E-state index in [-0.39, 0.29) is 24.4 Å². The van der Waals surface area contributed by atoms with Gasteiger partial charge >= 0.3 is 0 Å². The molecule has 1 atom stereocenters. The number of carbonyl (C=O) groups excluding carboxylic acids is 1. The fourth-order valence-electron chi connectivity index (χ4n) is 4.89. The van der Waals surface area contributed by atoms with Crippen molar-refractivity contribution in [2.75, 3.05) is 38.2 Å². The number of halogens is 1. The standard InChI is InChI=1S/C25H31FN6O/c1-17(12-26)16-31-7-4-18(5-8-31)25(33)30-23-11-21-10-19(2-3-20(21)13-28-23)22-14-29-24-15-27-6-9-32(22)24/h2-3,10-11,13-14,17-18,27H,4-9,12,15-16H2,1H3,(H,28,30,33)/t17-/m0/s1. The second-order valence-corrected chi connectivity index (χ2v) is 9.34. The van der Waals surface area contributed by atoms with Gasteiger partial charge in [0.25, 0.3) is 0 Å². The first-order valence-corrected chi connectivity index (χ1v) is 11.8. The summed E-state index contributed by atoms with van der Waals surface area (Å²) in [7, 11) is 0. The predicted molar refractivity (Wildman–Crippen MR) is 128 cm³/mol. The first-order valence-electron chi connectivity index (χ1n) is 11.8. The third-order valence-corrected chi connectivity index (χ3v) is 6.79. The average Bonchev–Trinajstić information content (AvgIpc) is 3.28. The summed E-state index contributed by atoms with van der Waals surface area (Å²) in [6, 6.07) is 8.26. The van der Waals surface area contributed by atoms with E-state index in [1.807, 2.05) is 25.4 Å². The van der Waals surface area contributed by atoms with Gasteiger partial charge < -0.3 is 20.1 Å². The molecule has 2 N–H and O–H groups in total. The molecule has 33 heavy (non-hydrogen) atoms. The van der Waals surface area contributed by atoms with Crippen molar-refractivity contribution in [3.8, 4) is 11.3 Å². The highest BCUT2D eigenvalue weighted by atomic mass is 19.1. The fourth-order valence-corrected chi connectivity index (χ4v) is 4.89. The van der Waals surface area contributed by atoms with Gasteiger partial charge in [-0.05, 0) is 49.4 Å². The number of nitrogens with one attached hydrogen (secondary N) is 2. The zero-order valence-electron chi connectivity index (χ0n) is 19.1. The second kappa shape index (κ2) is 9.57. The summed E-state index contributed by atoms with van der Waals surface area (Å²) in [6.45, 7) is 6.71. The Morgan fingerprint density at radius 2 is 2.03 bits per heavy atom. The number of rotatable bonds is 6. The largest absolute Gasteiger partial charge is 0.326 e. The van der Waals surface area contributed by atoms with Gasteiger partial charge in [0.15, 0.2) is 0 Å². The fraction of sp³-hybridized carbons (Fsp3) is 0.480. The van der Waals surface area contributed by atoms with Crippen molar-refractivity contribution in [2.45, 2.75) is 32.9 Å². The van der Waals surface area contributed by atoms with Crippen LogP contribution in [0.4, 0.5) is 10.2 Å². The molecule has 3 aromatic rings. The Hall–Kier alpha value is -2.84. The number of aromatic nitrogens is 3. The summed E-state index contributed by atoms with van der Waals surface area (Å²) in [5.74, 6) is 1.68. The Bertz CT molecular complexity index is 1140. The second-order valence-electron chi connectivity index (χ2n) is 9.34. The Kier molecular flexibility index (Phi) is 6.37. The molecular formula is C25H31FN6O. The number of nitrogens with zero attached hydrogens (tertiary/aromatic N) is 4. The zero-order chi connectivity index (χ0) is 22.8. The van der Waals surface area contributed by atoms with Gasteiger partial charge in [-0.1, -0.05) is 19.1 Å². The summed E-state index contributed by atoms with van der Waals surface area (Å²) in [5, 5.41) is 8.45. The van der Waals surface area contributed by atoms with Crippen molar-refractivity contribution in [2.24, 2.45) is 11.8 Å². The molecule has 2 aliphatic rings. The lowest BCUT2D eigenvalue weighted by atomic mass is 9.95. The van der Waals surface area contributed by atoms with Crippen molar-refractivity contribution in [1.29, 1.82) is 0 Å². The minimum atomic E-state index is -0.295. The monoisotopic (exact) mass is 450 g/mol. The van der Waals surface area contributed by atoms with Crippen LogP contribution in [0.5, 0.6) is 0 Å². The van der Waals surface area contributed by atoms with Gasteiger partial charge in [0.1, 0.15) is 11.6 Å². The molecule has 7 nitrogen and oxygen atoms in total. The van der Waals surface area contributed by atoms with E-state index >= 15 is 0 Å². The topological polar surface area (TPSA) is 75.1 Å². The minimum absolute atomic E-state index is 0.0218. The van der Waals surface area contributed by atoms with Crippen LogP contribution in [0.25, 0.3) is 22.0 Å². The number of pyridine rings is 1. The molecule has 0 aliphatic carbocycles. The molecule has 2 aliphatic heterocycles. The van der Waals surface area contributed by atoms with E-state index in [0.717, 1.165) is 80.0 Å². The molecule has 5 rings (SSSR count). The van der Waals surface area contributed by atoms with Crippen LogP contribution in [0.2, 0.25) is 0 Å². The highest BCUT2D eigenvalue weighted by Crippen LogP contribution is 2.27. The van der Waals surface area contributed by atoms with E-state index in [2.05, 4.69) is 48.3 Å². The molecule has 0 radical (unpaired) electrons. The molecule has 1 amide bonds. The van der Waals surface area contributed by atoms with Gasteiger partial charge in [-0.25, -0.2) is 9.97 Å². The third-order valence-electron chi connectivity index (χ3n) is 6.79. The number of benzene rings is 1. The minimum Gasteiger partial charge on any atom is -0.326 e. The van der Waals surface area contributed by atoms with Gasteiger partial charge in [-0.15, -0.1) is 0 Å². The van der Waals surface area contributed by atoms with E-state index in [1.54, 1.807) is 0 Å². The normalized spacial score (nSPS) is 18.2. The van der Waals surface area contributed by atoms with E-state index in [1.165, 1.54) is 0 Å². The molecule has 0 unspecified atom stereocenters. The van der Waals surface area contributed by atoms with Gasteiger partial charge in [-0.3, -0.25) is 9.18 Å². The maximum atomic E-state index is 12.9. The summed E-state index contributed by atoms with van der Waals surface area (Å²) < 4.78 is 15.0. The number of fused-ring (bicyclic) bond motifs is 2. The zero-order valence-corrected chi connectivity index (χ0v) is 19.1. The van der Waals surface area contributed by atoms with Crippen LogP contribution in [-0.4, -0.2) is 58.2 Å². The number of anilines is 1.